The van der Waals surface area contributed by atoms with Crippen LogP contribution >= 0.6 is 0 Å². The minimum atomic E-state index is 0.819. The van der Waals surface area contributed by atoms with Crippen LogP contribution in [0.3, 0.4) is 0 Å². The van der Waals surface area contributed by atoms with E-state index in [0.717, 1.165) is 6.29 Å². The first-order valence-electron chi connectivity index (χ1n) is 4.23. The van der Waals surface area contributed by atoms with E-state index in [1.165, 1.54) is 37.7 Å². The van der Waals surface area contributed by atoms with Gasteiger partial charge in [-0.25, -0.2) is 0 Å². The highest BCUT2D eigenvalue weighted by molar-refractivity contribution is 5.65. The van der Waals surface area contributed by atoms with Gasteiger partial charge in [0.1, 0.15) is 6.29 Å². The van der Waals surface area contributed by atoms with Gasteiger partial charge in [-0.15, -0.1) is 0 Å². The van der Waals surface area contributed by atoms with Crippen molar-refractivity contribution in [1.82, 2.24) is 0 Å². The summed E-state index contributed by atoms with van der Waals surface area (Å²) in [4.78, 5) is 9.93. The van der Waals surface area contributed by atoms with E-state index in [-0.39, 0.29) is 0 Å². The van der Waals surface area contributed by atoms with Crippen molar-refractivity contribution in [2.75, 3.05) is 0 Å². The van der Waals surface area contributed by atoms with Crippen LogP contribution in [0, 0.1) is 0 Å². The molecule has 0 N–H and O–H groups in total. The van der Waals surface area contributed by atoms with Crippen molar-refractivity contribution < 1.29 is 4.79 Å². The molecule has 1 aliphatic carbocycles. The van der Waals surface area contributed by atoms with Crippen LogP contribution < -0.4 is 0 Å². The van der Waals surface area contributed by atoms with Gasteiger partial charge in [-0.05, 0) is 31.8 Å². The van der Waals surface area contributed by atoms with Crippen molar-refractivity contribution >= 4 is 6.29 Å². The molecule has 0 bridgehead atoms. The van der Waals surface area contributed by atoms with Gasteiger partial charge in [0.25, 0.3) is 0 Å². The predicted molar refractivity (Wildman–Crippen MR) is 46.4 cm³/mol. The van der Waals surface area contributed by atoms with Crippen LogP contribution in [-0.2, 0) is 4.79 Å². The molecule has 0 aliphatic heterocycles. The standard InChI is InChI=1S/C10H14O/c11-9-5-4-8-10-6-2-1-3-7-10/h4-5,8-9H,1-3,6-7H2. The molecule has 1 saturated carbocycles. The molecule has 11 heavy (non-hydrogen) atoms. The molecule has 1 fully saturated rings. The third kappa shape index (κ3) is 3.17. The van der Waals surface area contributed by atoms with Gasteiger partial charge >= 0.3 is 0 Å². The lowest BCUT2D eigenvalue weighted by molar-refractivity contribution is -0.104. The Morgan fingerprint density at radius 1 is 1.00 bits per heavy atom. The van der Waals surface area contributed by atoms with E-state index < -0.39 is 0 Å². The molecule has 1 heteroatoms. The third-order valence-electron chi connectivity index (χ3n) is 2.02. The zero-order chi connectivity index (χ0) is 7.94. The van der Waals surface area contributed by atoms with Gasteiger partial charge < -0.3 is 0 Å². The fraction of sp³-hybridized carbons (Fsp3) is 0.500. The van der Waals surface area contributed by atoms with Crippen molar-refractivity contribution in [2.24, 2.45) is 0 Å². The Labute approximate surface area is 67.8 Å². The van der Waals surface area contributed by atoms with Gasteiger partial charge in [0.2, 0.25) is 0 Å². The maximum Gasteiger partial charge on any atom is 0.142 e. The summed E-state index contributed by atoms with van der Waals surface area (Å²) in [5.74, 6) is 0. The average Bonchev–Trinajstić information content (AvgIpc) is 2.07. The van der Waals surface area contributed by atoms with Gasteiger partial charge in [0, 0.05) is 0 Å². The van der Waals surface area contributed by atoms with Gasteiger partial charge in [0.15, 0.2) is 0 Å². The zero-order valence-corrected chi connectivity index (χ0v) is 6.75. The lowest BCUT2D eigenvalue weighted by Gasteiger charge is -2.11. The molecule has 1 aliphatic rings. The summed E-state index contributed by atoms with van der Waals surface area (Å²) in [6, 6.07) is 0. The number of aldehydes is 1. The molecule has 0 aromatic heterocycles. The first kappa shape index (κ1) is 8.25. The van der Waals surface area contributed by atoms with Crippen LogP contribution in [0.5, 0.6) is 0 Å². The molecule has 0 aromatic rings. The van der Waals surface area contributed by atoms with Crippen LogP contribution in [0.15, 0.2) is 23.8 Å². The zero-order valence-electron chi connectivity index (χ0n) is 6.75. The Kier molecular flexibility index (Phi) is 3.67. The van der Waals surface area contributed by atoms with E-state index >= 15 is 0 Å². The summed E-state index contributed by atoms with van der Waals surface area (Å²) in [7, 11) is 0. The molecule has 0 amide bonds. The normalized spacial score (nSPS) is 18.7. The maximum absolute atomic E-state index is 9.93. The van der Waals surface area contributed by atoms with Crippen molar-refractivity contribution in [3.63, 3.8) is 0 Å². The molecule has 0 saturated heterocycles. The monoisotopic (exact) mass is 150 g/mol. The first-order chi connectivity index (χ1) is 5.43. The van der Waals surface area contributed by atoms with E-state index in [0.29, 0.717) is 0 Å². The van der Waals surface area contributed by atoms with Crippen LogP contribution in [0.2, 0.25) is 0 Å². The topological polar surface area (TPSA) is 17.1 Å². The second-order valence-electron chi connectivity index (χ2n) is 2.91. The highest BCUT2D eigenvalue weighted by atomic mass is 16.1. The lowest BCUT2D eigenvalue weighted by Crippen LogP contribution is -1.92. The molecular formula is C10H14O. The first-order valence-corrected chi connectivity index (χ1v) is 4.23. The Morgan fingerprint density at radius 3 is 2.36 bits per heavy atom. The number of carbonyl (C=O) groups is 1. The molecule has 1 nitrogen and oxygen atoms in total. The Morgan fingerprint density at radius 2 is 1.73 bits per heavy atom. The fourth-order valence-electron chi connectivity index (χ4n) is 1.41. The van der Waals surface area contributed by atoms with Crippen molar-refractivity contribution in [1.29, 1.82) is 0 Å². The second kappa shape index (κ2) is 4.89. The summed E-state index contributed by atoms with van der Waals surface area (Å²) in [5.41, 5.74) is 1.49. The minimum absolute atomic E-state index is 0.819. The second-order valence-corrected chi connectivity index (χ2v) is 2.91. The molecule has 0 atom stereocenters. The molecule has 0 radical (unpaired) electrons. The molecule has 0 aromatic carbocycles. The highest BCUT2D eigenvalue weighted by Gasteiger charge is 2.02. The van der Waals surface area contributed by atoms with Gasteiger partial charge in [-0.1, -0.05) is 24.1 Å². The van der Waals surface area contributed by atoms with Crippen LogP contribution in [0.1, 0.15) is 32.1 Å². The lowest BCUT2D eigenvalue weighted by atomic mass is 9.95. The average molecular weight is 150 g/mol. The SMILES string of the molecule is O=CC=CC=C1CCCCC1. The fourth-order valence-corrected chi connectivity index (χ4v) is 1.41. The quantitative estimate of drug-likeness (QED) is 0.437. The smallest absolute Gasteiger partial charge is 0.142 e. The van der Waals surface area contributed by atoms with E-state index in [9.17, 15) is 4.79 Å². The molecule has 1 rings (SSSR count). The predicted octanol–water partition coefficient (Wildman–Crippen LogP) is 2.63. The number of hydrogen-bond acceptors (Lipinski definition) is 1. The Bertz CT molecular complexity index is 169. The summed E-state index contributed by atoms with van der Waals surface area (Å²) in [5, 5.41) is 0. The molecule has 60 valence electrons. The van der Waals surface area contributed by atoms with E-state index in [1.807, 2.05) is 6.08 Å². The summed E-state index contributed by atoms with van der Waals surface area (Å²) < 4.78 is 0. The number of carbonyl (C=O) groups excluding carboxylic acids is 1. The van der Waals surface area contributed by atoms with Crippen LogP contribution in [0.25, 0.3) is 0 Å². The minimum Gasteiger partial charge on any atom is -0.299 e. The van der Waals surface area contributed by atoms with Crippen LogP contribution in [-0.4, -0.2) is 6.29 Å². The molecule has 0 spiro atoms. The summed E-state index contributed by atoms with van der Waals surface area (Å²) in [6.45, 7) is 0. The highest BCUT2D eigenvalue weighted by Crippen LogP contribution is 2.22. The van der Waals surface area contributed by atoms with E-state index in [2.05, 4.69) is 6.08 Å². The van der Waals surface area contributed by atoms with Gasteiger partial charge in [-0.2, -0.15) is 0 Å². The summed E-state index contributed by atoms with van der Waals surface area (Å²) >= 11 is 0. The summed E-state index contributed by atoms with van der Waals surface area (Å²) in [6.07, 6.45) is 12.7. The molecule has 0 heterocycles. The largest absolute Gasteiger partial charge is 0.299 e. The van der Waals surface area contributed by atoms with E-state index in [1.54, 1.807) is 6.08 Å². The number of hydrogen-bond donors (Lipinski definition) is 0. The van der Waals surface area contributed by atoms with Gasteiger partial charge in [0.05, 0.1) is 0 Å². The Hall–Kier alpha value is -0.850. The number of rotatable bonds is 2. The van der Waals surface area contributed by atoms with Crippen molar-refractivity contribution in [3.8, 4) is 0 Å². The van der Waals surface area contributed by atoms with Crippen LogP contribution in [0.4, 0.5) is 0 Å². The van der Waals surface area contributed by atoms with E-state index in [4.69, 9.17) is 0 Å². The molecule has 0 unspecified atom stereocenters. The maximum atomic E-state index is 9.93. The van der Waals surface area contributed by atoms with Crippen molar-refractivity contribution in [2.45, 2.75) is 32.1 Å². The van der Waals surface area contributed by atoms with Crippen molar-refractivity contribution in [3.05, 3.63) is 23.8 Å². The Balaban J connectivity index is 2.37. The molecular weight excluding hydrogens is 136 g/mol. The number of allylic oxidation sites excluding steroid dienone is 4. The third-order valence-corrected chi connectivity index (χ3v) is 2.02. The van der Waals surface area contributed by atoms with Gasteiger partial charge in [-0.3, -0.25) is 4.79 Å².